The van der Waals surface area contributed by atoms with E-state index in [2.05, 4.69) is 43.1 Å². The fourth-order valence-electron chi connectivity index (χ4n) is 3.20. The normalized spacial score (nSPS) is 17.0. The van der Waals surface area contributed by atoms with Crippen LogP contribution in [-0.2, 0) is 0 Å². The first-order valence-corrected chi connectivity index (χ1v) is 7.55. The van der Waals surface area contributed by atoms with E-state index in [1.54, 1.807) is 0 Å². The van der Waals surface area contributed by atoms with E-state index in [9.17, 15) is 0 Å². The van der Waals surface area contributed by atoms with Crippen molar-refractivity contribution in [2.75, 3.05) is 38.3 Å². The molecule has 112 valence electrons. The van der Waals surface area contributed by atoms with E-state index in [4.69, 9.17) is 10.7 Å². The second-order valence-electron chi connectivity index (χ2n) is 6.45. The molecular weight excluding hydrogens is 260 g/mol. The highest BCUT2D eigenvalue weighted by atomic mass is 15.2. The third-order valence-electron chi connectivity index (χ3n) is 4.85. The Morgan fingerprint density at radius 3 is 2.52 bits per heavy atom. The number of benzene rings is 1. The number of nitrogens with two attached hydrogens (primary N) is 1. The zero-order valence-corrected chi connectivity index (χ0v) is 13.1. The van der Waals surface area contributed by atoms with E-state index in [0.29, 0.717) is 5.54 Å². The lowest BCUT2D eigenvalue weighted by Crippen LogP contribution is -2.56. The van der Waals surface area contributed by atoms with E-state index in [1.165, 1.54) is 19.3 Å². The molecule has 0 atom stereocenters. The molecular formula is C17H24N4. The van der Waals surface area contributed by atoms with E-state index in [1.807, 2.05) is 18.2 Å². The Balaban J connectivity index is 1.84. The minimum absolute atomic E-state index is 0.312. The van der Waals surface area contributed by atoms with Gasteiger partial charge in [0.05, 0.1) is 5.52 Å². The van der Waals surface area contributed by atoms with Gasteiger partial charge in [0.25, 0.3) is 0 Å². The zero-order valence-electron chi connectivity index (χ0n) is 13.1. The highest BCUT2D eigenvalue weighted by Gasteiger charge is 2.40. The summed E-state index contributed by atoms with van der Waals surface area (Å²) in [5.41, 5.74) is 7.92. The first-order chi connectivity index (χ1) is 10.00. The monoisotopic (exact) mass is 284 g/mol. The lowest BCUT2D eigenvalue weighted by atomic mass is 9.75. The summed E-state index contributed by atoms with van der Waals surface area (Å²) in [7, 11) is 6.50. The topological polar surface area (TPSA) is 45.4 Å². The number of aromatic nitrogens is 1. The highest BCUT2D eigenvalue weighted by molar-refractivity contribution is 5.83. The van der Waals surface area contributed by atoms with Crippen LogP contribution in [0.15, 0.2) is 30.3 Å². The maximum absolute atomic E-state index is 5.82. The van der Waals surface area contributed by atoms with Crippen LogP contribution in [0.4, 0.5) is 11.5 Å². The van der Waals surface area contributed by atoms with Gasteiger partial charge in [0.15, 0.2) is 0 Å². The number of anilines is 2. The Kier molecular flexibility index (Phi) is 3.49. The van der Waals surface area contributed by atoms with Gasteiger partial charge in [-0.2, -0.15) is 0 Å². The number of hydrogen-bond donors (Lipinski definition) is 1. The molecule has 1 aliphatic rings. The van der Waals surface area contributed by atoms with Crippen molar-refractivity contribution in [1.29, 1.82) is 0 Å². The number of pyridine rings is 1. The van der Waals surface area contributed by atoms with Crippen LogP contribution in [0, 0.1) is 0 Å². The third kappa shape index (κ3) is 2.56. The lowest BCUT2D eigenvalue weighted by Gasteiger charge is -2.49. The Morgan fingerprint density at radius 1 is 1.14 bits per heavy atom. The van der Waals surface area contributed by atoms with Crippen molar-refractivity contribution in [2.24, 2.45) is 0 Å². The van der Waals surface area contributed by atoms with Gasteiger partial charge in [-0.1, -0.05) is 0 Å². The summed E-state index contributed by atoms with van der Waals surface area (Å²) in [5.74, 6) is 1.03. The molecule has 21 heavy (non-hydrogen) atoms. The largest absolute Gasteiger partial charge is 0.399 e. The first kappa shape index (κ1) is 14.1. The summed E-state index contributed by atoms with van der Waals surface area (Å²) < 4.78 is 0. The van der Waals surface area contributed by atoms with Crippen LogP contribution < -0.4 is 10.6 Å². The summed E-state index contributed by atoms with van der Waals surface area (Å²) in [6, 6.07) is 10.1. The predicted molar refractivity (Wildman–Crippen MR) is 89.7 cm³/mol. The molecule has 0 bridgehead atoms. The van der Waals surface area contributed by atoms with Gasteiger partial charge in [-0.3, -0.25) is 0 Å². The molecule has 1 heterocycles. The van der Waals surface area contributed by atoms with Gasteiger partial charge >= 0.3 is 0 Å². The van der Waals surface area contributed by atoms with Gasteiger partial charge in [-0.15, -0.1) is 0 Å². The molecule has 2 N–H and O–H groups in total. The van der Waals surface area contributed by atoms with Crippen LogP contribution in [-0.4, -0.2) is 43.1 Å². The number of likely N-dealkylation sites (N-methyl/N-ethyl adjacent to an activating group) is 2. The van der Waals surface area contributed by atoms with Gasteiger partial charge in [0.2, 0.25) is 0 Å². The number of hydrogen-bond acceptors (Lipinski definition) is 4. The SMILES string of the molecule is CN(CC1(N(C)C)CCC1)c1ccc2cc(N)ccc2n1. The molecule has 0 unspecified atom stereocenters. The Morgan fingerprint density at radius 2 is 1.90 bits per heavy atom. The molecule has 3 rings (SSSR count). The van der Waals surface area contributed by atoms with E-state index in [0.717, 1.165) is 29.0 Å². The van der Waals surface area contributed by atoms with Crippen molar-refractivity contribution >= 4 is 22.4 Å². The quantitative estimate of drug-likeness (QED) is 0.877. The van der Waals surface area contributed by atoms with Gasteiger partial charge < -0.3 is 15.5 Å². The second-order valence-corrected chi connectivity index (χ2v) is 6.45. The minimum Gasteiger partial charge on any atom is -0.399 e. The second kappa shape index (κ2) is 5.19. The van der Waals surface area contributed by atoms with Crippen molar-refractivity contribution < 1.29 is 0 Å². The van der Waals surface area contributed by atoms with Crippen molar-refractivity contribution in [2.45, 2.75) is 24.8 Å². The summed E-state index contributed by atoms with van der Waals surface area (Å²) in [4.78, 5) is 9.41. The molecule has 1 aromatic carbocycles. The number of nitrogen functional groups attached to an aromatic ring is 1. The van der Waals surface area contributed by atoms with Crippen LogP contribution >= 0.6 is 0 Å². The standard InChI is InChI=1S/C17H24N4/c1-20(2)17(9-4-10-17)12-21(3)16-8-5-13-11-14(18)6-7-15(13)19-16/h5-8,11H,4,9-10,12,18H2,1-3H3. The molecule has 0 aliphatic heterocycles. The fraction of sp³-hybridized carbons (Fsp3) is 0.471. The molecule has 0 amide bonds. The Hall–Kier alpha value is -1.81. The van der Waals surface area contributed by atoms with Crippen LogP contribution in [0.25, 0.3) is 10.9 Å². The average Bonchev–Trinajstić information content (AvgIpc) is 2.41. The van der Waals surface area contributed by atoms with Crippen LogP contribution in [0.3, 0.4) is 0 Å². The molecule has 1 saturated carbocycles. The minimum atomic E-state index is 0.312. The molecule has 2 aromatic rings. The molecule has 4 heteroatoms. The van der Waals surface area contributed by atoms with Crippen LogP contribution in [0.5, 0.6) is 0 Å². The average molecular weight is 284 g/mol. The third-order valence-corrected chi connectivity index (χ3v) is 4.85. The van der Waals surface area contributed by atoms with Gasteiger partial charge in [-0.05, 0) is 63.7 Å². The van der Waals surface area contributed by atoms with Gasteiger partial charge in [0, 0.05) is 30.2 Å². The predicted octanol–water partition coefficient (Wildman–Crippen LogP) is 2.74. The lowest BCUT2D eigenvalue weighted by molar-refractivity contribution is 0.0682. The number of rotatable bonds is 4. The summed E-state index contributed by atoms with van der Waals surface area (Å²) >= 11 is 0. The highest BCUT2D eigenvalue weighted by Crippen LogP contribution is 2.37. The number of nitrogens with zero attached hydrogens (tertiary/aromatic N) is 3. The number of fused-ring (bicyclic) bond motifs is 1. The molecule has 0 saturated heterocycles. The van der Waals surface area contributed by atoms with Crippen LogP contribution in [0.1, 0.15) is 19.3 Å². The molecule has 0 radical (unpaired) electrons. The molecule has 1 fully saturated rings. The van der Waals surface area contributed by atoms with Crippen molar-refractivity contribution in [3.8, 4) is 0 Å². The maximum Gasteiger partial charge on any atom is 0.129 e. The maximum atomic E-state index is 5.82. The summed E-state index contributed by atoms with van der Waals surface area (Å²) in [6.07, 6.45) is 3.87. The van der Waals surface area contributed by atoms with Crippen molar-refractivity contribution in [3.63, 3.8) is 0 Å². The van der Waals surface area contributed by atoms with Gasteiger partial charge in [-0.25, -0.2) is 4.98 Å². The summed E-state index contributed by atoms with van der Waals surface area (Å²) in [6.45, 7) is 1.02. The van der Waals surface area contributed by atoms with E-state index >= 15 is 0 Å². The molecule has 4 nitrogen and oxygen atoms in total. The smallest absolute Gasteiger partial charge is 0.129 e. The summed E-state index contributed by atoms with van der Waals surface area (Å²) in [5, 5.41) is 1.10. The molecule has 1 aromatic heterocycles. The van der Waals surface area contributed by atoms with Crippen LogP contribution in [0.2, 0.25) is 0 Å². The molecule has 0 spiro atoms. The Labute approximate surface area is 126 Å². The van der Waals surface area contributed by atoms with E-state index < -0.39 is 0 Å². The zero-order chi connectivity index (χ0) is 15.0. The van der Waals surface area contributed by atoms with Crippen molar-refractivity contribution in [3.05, 3.63) is 30.3 Å². The van der Waals surface area contributed by atoms with Crippen molar-refractivity contribution in [1.82, 2.24) is 9.88 Å². The van der Waals surface area contributed by atoms with E-state index in [-0.39, 0.29) is 0 Å². The first-order valence-electron chi connectivity index (χ1n) is 7.55. The molecule has 1 aliphatic carbocycles. The fourth-order valence-corrected chi connectivity index (χ4v) is 3.20. The Bertz CT molecular complexity index is 646. The van der Waals surface area contributed by atoms with Gasteiger partial charge in [0.1, 0.15) is 5.82 Å².